The Kier molecular flexibility index (Phi) is 5.75. The van der Waals surface area contributed by atoms with Crippen molar-refractivity contribution < 1.29 is 14.5 Å². The lowest BCUT2D eigenvalue weighted by atomic mass is 10.0. The van der Waals surface area contributed by atoms with Gasteiger partial charge in [0.15, 0.2) is 5.82 Å². The highest BCUT2D eigenvalue weighted by Gasteiger charge is 2.35. The molecule has 1 aliphatic rings. The van der Waals surface area contributed by atoms with Gasteiger partial charge in [0.2, 0.25) is 5.95 Å². The molecule has 1 aliphatic heterocycles. The van der Waals surface area contributed by atoms with Crippen LogP contribution in [0.2, 0.25) is 0 Å². The molecule has 1 atom stereocenters. The van der Waals surface area contributed by atoms with Gasteiger partial charge < -0.3 is 15.4 Å². The standard InChI is InChI=1S/C24H20N6O4S/c1-14-20(23(31)26-17-9-3-4-10-18(17)34-2)21(19-11-6-12-35-19)29-24(25-14)27-22(28-29)15-7-5-8-16(13-15)30(32)33/h3-13,21H,1-2H3,(H,26,31)(H,25,27,28). The Hall–Kier alpha value is -4.51. The highest BCUT2D eigenvalue weighted by Crippen LogP contribution is 2.39. The summed E-state index contributed by atoms with van der Waals surface area (Å²) in [5.41, 5.74) is 2.10. The van der Waals surface area contributed by atoms with Crippen LogP contribution in [-0.4, -0.2) is 32.7 Å². The van der Waals surface area contributed by atoms with E-state index in [1.54, 1.807) is 36.1 Å². The number of nitrogens with zero attached hydrogens (tertiary/aromatic N) is 4. The Morgan fingerprint density at radius 1 is 1.20 bits per heavy atom. The Morgan fingerprint density at radius 2 is 2.03 bits per heavy atom. The number of para-hydroxylation sites is 2. The molecule has 3 heterocycles. The first-order valence-electron chi connectivity index (χ1n) is 10.6. The van der Waals surface area contributed by atoms with E-state index in [0.717, 1.165) is 4.88 Å². The van der Waals surface area contributed by atoms with Gasteiger partial charge in [0.25, 0.3) is 11.6 Å². The highest BCUT2D eigenvalue weighted by atomic mass is 32.1. The van der Waals surface area contributed by atoms with Crippen LogP contribution in [0.25, 0.3) is 11.4 Å². The van der Waals surface area contributed by atoms with Crippen LogP contribution in [0, 0.1) is 10.1 Å². The lowest BCUT2D eigenvalue weighted by Crippen LogP contribution is -2.31. The molecule has 2 N–H and O–H groups in total. The summed E-state index contributed by atoms with van der Waals surface area (Å²) < 4.78 is 7.02. The molecule has 176 valence electrons. The van der Waals surface area contributed by atoms with E-state index in [0.29, 0.717) is 40.0 Å². The Morgan fingerprint density at radius 3 is 2.77 bits per heavy atom. The van der Waals surface area contributed by atoms with Gasteiger partial charge in [0, 0.05) is 28.3 Å². The summed E-state index contributed by atoms with van der Waals surface area (Å²) in [6.07, 6.45) is 0. The molecule has 1 unspecified atom stereocenters. The molecule has 0 saturated heterocycles. The lowest BCUT2D eigenvalue weighted by Gasteiger charge is -2.27. The summed E-state index contributed by atoms with van der Waals surface area (Å²) in [6, 6.07) is 16.6. The number of carbonyl (C=O) groups is 1. The summed E-state index contributed by atoms with van der Waals surface area (Å²) in [4.78, 5) is 29.8. The number of fused-ring (bicyclic) bond motifs is 1. The molecular formula is C24H20N6O4S. The number of amides is 1. The zero-order valence-electron chi connectivity index (χ0n) is 18.8. The number of aromatic nitrogens is 3. The Bertz CT molecular complexity index is 1460. The van der Waals surface area contributed by atoms with Crippen molar-refractivity contribution in [1.29, 1.82) is 0 Å². The van der Waals surface area contributed by atoms with Crippen molar-refractivity contribution in [2.45, 2.75) is 13.0 Å². The van der Waals surface area contributed by atoms with E-state index >= 15 is 0 Å². The number of non-ortho nitro benzene ring substituents is 1. The maximum Gasteiger partial charge on any atom is 0.270 e. The number of benzene rings is 2. The fourth-order valence-corrected chi connectivity index (χ4v) is 4.79. The van der Waals surface area contributed by atoms with Crippen molar-refractivity contribution in [2.24, 2.45) is 0 Å². The molecule has 10 nitrogen and oxygen atoms in total. The average Bonchev–Trinajstić information content (AvgIpc) is 3.54. The molecular weight excluding hydrogens is 468 g/mol. The first-order valence-corrected chi connectivity index (χ1v) is 11.5. The summed E-state index contributed by atoms with van der Waals surface area (Å²) in [6.45, 7) is 1.81. The molecule has 2 aromatic heterocycles. The predicted molar refractivity (Wildman–Crippen MR) is 133 cm³/mol. The quantitative estimate of drug-likeness (QED) is 0.294. The van der Waals surface area contributed by atoms with E-state index in [-0.39, 0.29) is 11.6 Å². The third-order valence-electron chi connectivity index (χ3n) is 5.58. The Balaban J connectivity index is 1.57. The number of nitro benzene ring substituents is 1. The third kappa shape index (κ3) is 4.13. The number of nitro groups is 1. The van der Waals surface area contributed by atoms with Gasteiger partial charge in [0.1, 0.15) is 11.8 Å². The largest absolute Gasteiger partial charge is 0.495 e. The van der Waals surface area contributed by atoms with Crippen LogP contribution >= 0.6 is 11.3 Å². The summed E-state index contributed by atoms with van der Waals surface area (Å²) >= 11 is 1.50. The van der Waals surface area contributed by atoms with Crippen molar-refractivity contribution in [3.8, 4) is 17.1 Å². The van der Waals surface area contributed by atoms with Crippen molar-refractivity contribution in [2.75, 3.05) is 17.7 Å². The lowest BCUT2D eigenvalue weighted by molar-refractivity contribution is -0.384. The second-order valence-electron chi connectivity index (χ2n) is 7.75. The molecule has 0 saturated carbocycles. The average molecular weight is 489 g/mol. The molecule has 35 heavy (non-hydrogen) atoms. The number of rotatable bonds is 6. The SMILES string of the molecule is COc1ccccc1NC(=O)C1=C(C)Nc2nc(-c3cccc([N+](=O)[O-])c3)nn2C1c1cccs1. The number of allylic oxidation sites excluding steroid dienone is 1. The molecule has 0 fully saturated rings. The summed E-state index contributed by atoms with van der Waals surface area (Å²) in [7, 11) is 1.54. The van der Waals surface area contributed by atoms with Crippen molar-refractivity contribution in [1.82, 2.24) is 14.8 Å². The number of ether oxygens (including phenoxy) is 1. The van der Waals surface area contributed by atoms with Crippen molar-refractivity contribution in [3.05, 3.63) is 92.3 Å². The topological polar surface area (TPSA) is 124 Å². The van der Waals surface area contributed by atoms with Gasteiger partial charge in [-0.1, -0.05) is 30.3 Å². The van der Waals surface area contributed by atoms with Crippen LogP contribution < -0.4 is 15.4 Å². The molecule has 0 radical (unpaired) electrons. The minimum absolute atomic E-state index is 0.0516. The van der Waals surface area contributed by atoms with Crippen LogP contribution in [0.5, 0.6) is 5.75 Å². The number of anilines is 2. The fourth-order valence-electron chi connectivity index (χ4n) is 3.97. The Labute approximate surface area is 204 Å². The molecule has 0 bridgehead atoms. The molecule has 1 amide bonds. The minimum atomic E-state index is -0.541. The van der Waals surface area contributed by atoms with Gasteiger partial charge in [-0.2, -0.15) is 4.98 Å². The van der Waals surface area contributed by atoms with Gasteiger partial charge in [-0.15, -0.1) is 16.4 Å². The number of thiophene rings is 1. The summed E-state index contributed by atoms with van der Waals surface area (Å²) in [5.74, 6) is 0.995. The van der Waals surface area contributed by atoms with Crippen LogP contribution in [0.15, 0.2) is 77.3 Å². The second kappa shape index (κ2) is 9.03. The maximum atomic E-state index is 13.6. The van der Waals surface area contributed by atoms with Crippen molar-refractivity contribution in [3.63, 3.8) is 0 Å². The van der Waals surface area contributed by atoms with Crippen LogP contribution in [-0.2, 0) is 4.79 Å². The number of methoxy groups -OCH3 is 1. The fraction of sp³-hybridized carbons (Fsp3) is 0.125. The van der Waals surface area contributed by atoms with Gasteiger partial charge in [-0.05, 0) is 30.5 Å². The second-order valence-corrected chi connectivity index (χ2v) is 8.73. The van der Waals surface area contributed by atoms with E-state index in [1.807, 2.05) is 36.6 Å². The van der Waals surface area contributed by atoms with Gasteiger partial charge >= 0.3 is 0 Å². The summed E-state index contributed by atoms with van der Waals surface area (Å²) in [5, 5.41) is 23.9. The van der Waals surface area contributed by atoms with Gasteiger partial charge in [-0.3, -0.25) is 14.9 Å². The molecule has 0 aliphatic carbocycles. The highest BCUT2D eigenvalue weighted by molar-refractivity contribution is 7.10. The normalized spacial score (nSPS) is 14.7. The first kappa shape index (κ1) is 22.3. The van der Waals surface area contributed by atoms with E-state index in [9.17, 15) is 14.9 Å². The third-order valence-corrected chi connectivity index (χ3v) is 6.50. The van der Waals surface area contributed by atoms with Gasteiger partial charge in [0.05, 0.1) is 23.3 Å². The van der Waals surface area contributed by atoms with E-state index < -0.39 is 11.0 Å². The van der Waals surface area contributed by atoms with Crippen LogP contribution in [0.4, 0.5) is 17.3 Å². The molecule has 2 aromatic carbocycles. The van der Waals surface area contributed by atoms with Gasteiger partial charge in [-0.25, -0.2) is 4.68 Å². The van der Waals surface area contributed by atoms with E-state index in [4.69, 9.17) is 4.74 Å². The number of carbonyl (C=O) groups excluding carboxylic acids is 1. The zero-order valence-corrected chi connectivity index (χ0v) is 19.6. The number of nitrogens with one attached hydrogen (secondary N) is 2. The van der Waals surface area contributed by atoms with Crippen molar-refractivity contribution >= 4 is 34.6 Å². The number of hydrogen-bond donors (Lipinski definition) is 2. The van der Waals surface area contributed by atoms with Crippen LogP contribution in [0.1, 0.15) is 17.8 Å². The minimum Gasteiger partial charge on any atom is -0.495 e. The number of hydrogen-bond acceptors (Lipinski definition) is 8. The van der Waals surface area contributed by atoms with E-state index in [1.165, 1.54) is 23.5 Å². The molecule has 0 spiro atoms. The maximum absolute atomic E-state index is 13.6. The smallest absolute Gasteiger partial charge is 0.270 e. The van der Waals surface area contributed by atoms with E-state index in [2.05, 4.69) is 20.7 Å². The predicted octanol–water partition coefficient (Wildman–Crippen LogP) is 4.85. The first-order chi connectivity index (χ1) is 17.0. The zero-order chi connectivity index (χ0) is 24.5. The molecule has 11 heteroatoms. The molecule has 5 rings (SSSR count). The van der Waals surface area contributed by atoms with Crippen LogP contribution in [0.3, 0.4) is 0 Å². The molecule has 4 aromatic rings. The monoisotopic (exact) mass is 488 g/mol.